The van der Waals surface area contributed by atoms with Crippen molar-refractivity contribution in [2.24, 2.45) is 0 Å². The molecule has 1 fully saturated rings. The Balaban J connectivity index is 1.61. The van der Waals surface area contributed by atoms with Crippen LogP contribution in [-0.4, -0.2) is 40.4 Å². The second-order valence-electron chi connectivity index (χ2n) is 7.68. The van der Waals surface area contributed by atoms with Crippen molar-refractivity contribution in [3.63, 3.8) is 0 Å². The first kappa shape index (κ1) is 17.9. The molecule has 0 bridgehead atoms. The van der Waals surface area contributed by atoms with Crippen LogP contribution in [0.3, 0.4) is 0 Å². The topological polar surface area (TPSA) is 49.3 Å². The minimum Gasteiger partial charge on any atom is -0.337 e. The highest BCUT2D eigenvalue weighted by Gasteiger charge is 2.25. The molecule has 5 nitrogen and oxygen atoms in total. The molecule has 0 aliphatic carbocycles. The molecule has 0 unspecified atom stereocenters. The predicted octanol–water partition coefficient (Wildman–Crippen LogP) is 4.46. The third kappa shape index (κ3) is 3.48. The van der Waals surface area contributed by atoms with Gasteiger partial charge < -0.3 is 9.80 Å². The van der Waals surface area contributed by atoms with Gasteiger partial charge in [0.2, 0.25) is 0 Å². The Hall–Kier alpha value is -3.21. The zero-order chi connectivity index (χ0) is 19.6. The maximum absolute atomic E-state index is 13.1. The first-order valence-electron chi connectivity index (χ1n) is 10.4. The predicted molar refractivity (Wildman–Crippen MR) is 114 cm³/mol. The Bertz CT molecular complexity index is 1030. The highest BCUT2D eigenvalue weighted by molar-refractivity contribution is 5.94. The van der Waals surface area contributed by atoms with Gasteiger partial charge in [0.05, 0.1) is 0 Å². The van der Waals surface area contributed by atoms with Crippen LogP contribution < -0.4 is 4.90 Å². The molecule has 3 heterocycles. The summed E-state index contributed by atoms with van der Waals surface area (Å²) in [6.45, 7) is 2.51. The van der Waals surface area contributed by atoms with E-state index in [-0.39, 0.29) is 5.91 Å². The fourth-order valence-corrected chi connectivity index (χ4v) is 4.25. The second-order valence-corrected chi connectivity index (χ2v) is 7.68. The molecule has 0 radical (unpaired) electrons. The van der Waals surface area contributed by atoms with E-state index in [4.69, 9.17) is 4.98 Å². The molecule has 1 saturated heterocycles. The van der Waals surface area contributed by atoms with E-state index in [1.165, 1.54) is 11.3 Å². The number of likely N-dealkylation sites (tertiary alicyclic amines) is 1. The molecule has 0 spiro atoms. The van der Waals surface area contributed by atoms with Crippen molar-refractivity contribution in [1.82, 2.24) is 14.9 Å². The van der Waals surface area contributed by atoms with Crippen molar-refractivity contribution in [1.29, 1.82) is 0 Å². The third-order valence-electron chi connectivity index (χ3n) is 5.74. The summed E-state index contributed by atoms with van der Waals surface area (Å²) in [6.07, 6.45) is 4.27. The Morgan fingerprint density at radius 1 is 0.828 bits per heavy atom. The van der Waals surface area contributed by atoms with Gasteiger partial charge in [0.25, 0.3) is 5.91 Å². The van der Waals surface area contributed by atoms with Crippen LogP contribution in [0.15, 0.2) is 60.7 Å². The average molecular weight is 384 g/mol. The summed E-state index contributed by atoms with van der Waals surface area (Å²) < 4.78 is 0. The van der Waals surface area contributed by atoms with Crippen molar-refractivity contribution in [3.8, 4) is 11.4 Å². The number of fused-ring (bicyclic) bond motifs is 1. The van der Waals surface area contributed by atoms with Gasteiger partial charge in [0.15, 0.2) is 5.82 Å². The van der Waals surface area contributed by atoms with E-state index in [0.29, 0.717) is 11.5 Å². The Morgan fingerprint density at radius 3 is 2.41 bits per heavy atom. The van der Waals surface area contributed by atoms with Gasteiger partial charge in [-0.1, -0.05) is 48.5 Å². The van der Waals surface area contributed by atoms with Crippen molar-refractivity contribution in [3.05, 3.63) is 71.9 Å². The highest BCUT2D eigenvalue weighted by atomic mass is 16.2. The summed E-state index contributed by atoms with van der Waals surface area (Å²) in [4.78, 5) is 26.8. The number of nitrogens with zero attached hydrogens (tertiary/aromatic N) is 4. The van der Waals surface area contributed by atoms with Gasteiger partial charge in [-0.15, -0.1) is 0 Å². The minimum atomic E-state index is 0.00799. The fourth-order valence-electron chi connectivity index (χ4n) is 4.25. The van der Waals surface area contributed by atoms with Crippen molar-refractivity contribution < 1.29 is 4.79 Å². The summed E-state index contributed by atoms with van der Waals surface area (Å²) in [5, 5.41) is 0. The van der Waals surface area contributed by atoms with Crippen LogP contribution in [0.1, 0.15) is 35.3 Å². The molecule has 2 aliphatic heterocycles. The molecular weight excluding hydrogens is 360 g/mol. The number of hydrogen-bond acceptors (Lipinski definition) is 4. The van der Waals surface area contributed by atoms with E-state index in [1.807, 2.05) is 41.3 Å². The first-order chi connectivity index (χ1) is 14.3. The third-order valence-corrected chi connectivity index (χ3v) is 5.74. The minimum absolute atomic E-state index is 0.00799. The van der Waals surface area contributed by atoms with Crippen LogP contribution in [0.25, 0.3) is 11.4 Å². The molecule has 1 aromatic heterocycles. The quantitative estimate of drug-likeness (QED) is 0.669. The summed E-state index contributed by atoms with van der Waals surface area (Å²) in [5.41, 5.74) is 3.91. The van der Waals surface area contributed by atoms with E-state index in [0.717, 1.165) is 56.7 Å². The molecule has 146 valence electrons. The first-order valence-corrected chi connectivity index (χ1v) is 10.4. The second kappa shape index (κ2) is 7.66. The summed E-state index contributed by atoms with van der Waals surface area (Å²) in [7, 11) is 0. The SMILES string of the molecule is O=C(c1cc(N2CCCc3ccccc32)nc(-c2ccccc2)n1)N1CCCC1. The number of para-hydroxylation sites is 1. The summed E-state index contributed by atoms with van der Waals surface area (Å²) in [5.74, 6) is 1.41. The van der Waals surface area contributed by atoms with Gasteiger partial charge in [0, 0.05) is 37.0 Å². The lowest BCUT2D eigenvalue weighted by Gasteiger charge is -2.31. The molecule has 29 heavy (non-hydrogen) atoms. The smallest absolute Gasteiger partial charge is 0.272 e. The number of hydrogen-bond donors (Lipinski definition) is 0. The van der Waals surface area contributed by atoms with Crippen LogP contribution in [-0.2, 0) is 6.42 Å². The summed E-state index contributed by atoms with van der Waals surface area (Å²) in [6, 6.07) is 20.2. The lowest BCUT2D eigenvalue weighted by molar-refractivity contribution is 0.0787. The van der Waals surface area contributed by atoms with Crippen molar-refractivity contribution in [2.45, 2.75) is 25.7 Å². The monoisotopic (exact) mass is 384 g/mol. The van der Waals surface area contributed by atoms with Gasteiger partial charge in [0.1, 0.15) is 11.5 Å². The average Bonchev–Trinajstić information content (AvgIpc) is 3.33. The van der Waals surface area contributed by atoms with E-state index in [9.17, 15) is 4.79 Å². The number of aryl methyl sites for hydroxylation is 1. The number of amides is 1. The molecule has 0 N–H and O–H groups in total. The molecular formula is C24H24N4O. The molecule has 1 amide bonds. The normalized spacial score (nSPS) is 16.0. The zero-order valence-electron chi connectivity index (χ0n) is 16.4. The Labute approximate surface area is 171 Å². The van der Waals surface area contributed by atoms with Gasteiger partial charge >= 0.3 is 0 Å². The maximum atomic E-state index is 13.1. The number of aromatic nitrogens is 2. The van der Waals surface area contributed by atoms with E-state index in [2.05, 4.69) is 34.1 Å². The van der Waals surface area contributed by atoms with Crippen LogP contribution >= 0.6 is 0 Å². The number of carbonyl (C=O) groups excluding carboxylic acids is 1. The molecule has 2 aliphatic rings. The van der Waals surface area contributed by atoms with Crippen LogP contribution in [0.5, 0.6) is 0 Å². The van der Waals surface area contributed by atoms with Gasteiger partial charge in [-0.25, -0.2) is 9.97 Å². The highest BCUT2D eigenvalue weighted by Crippen LogP contribution is 2.33. The Kier molecular flexibility index (Phi) is 4.72. The molecule has 5 heteroatoms. The van der Waals surface area contributed by atoms with Crippen molar-refractivity contribution in [2.75, 3.05) is 24.5 Å². The van der Waals surface area contributed by atoms with Crippen LogP contribution in [0, 0.1) is 0 Å². The number of benzene rings is 2. The molecule has 3 aromatic rings. The molecule has 0 saturated carbocycles. The van der Waals surface area contributed by atoms with Gasteiger partial charge in [-0.3, -0.25) is 4.79 Å². The van der Waals surface area contributed by atoms with E-state index in [1.54, 1.807) is 0 Å². The standard InChI is InChI=1S/C24H24N4O/c29-24(27-14-6-7-15-27)20-17-22(26-23(25-20)19-10-2-1-3-11-19)28-16-8-12-18-9-4-5-13-21(18)28/h1-5,9-11,13,17H,6-8,12,14-16H2. The maximum Gasteiger partial charge on any atom is 0.272 e. The number of carbonyl (C=O) groups is 1. The lowest BCUT2D eigenvalue weighted by atomic mass is 10.0. The fraction of sp³-hybridized carbons (Fsp3) is 0.292. The number of rotatable bonds is 3. The van der Waals surface area contributed by atoms with Crippen molar-refractivity contribution >= 4 is 17.4 Å². The lowest BCUT2D eigenvalue weighted by Crippen LogP contribution is -2.30. The summed E-state index contributed by atoms with van der Waals surface area (Å²) >= 11 is 0. The molecule has 5 rings (SSSR count). The molecule has 0 atom stereocenters. The van der Waals surface area contributed by atoms with Crippen LogP contribution in [0.2, 0.25) is 0 Å². The van der Waals surface area contributed by atoms with Gasteiger partial charge in [-0.2, -0.15) is 0 Å². The van der Waals surface area contributed by atoms with Gasteiger partial charge in [-0.05, 0) is 37.3 Å². The largest absolute Gasteiger partial charge is 0.337 e. The Morgan fingerprint density at radius 2 is 1.59 bits per heavy atom. The zero-order valence-corrected chi connectivity index (χ0v) is 16.4. The number of anilines is 2. The van der Waals surface area contributed by atoms with Crippen LogP contribution in [0.4, 0.5) is 11.5 Å². The van der Waals surface area contributed by atoms with E-state index >= 15 is 0 Å². The molecule has 2 aromatic carbocycles. The van der Waals surface area contributed by atoms with E-state index < -0.39 is 0 Å².